The third-order valence-electron chi connectivity index (χ3n) is 2.61. The molecule has 0 unspecified atom stereocenters. The minimum Gasteiger partial charge on any atom is -0.330 e. The highest BCUT2D eigenvalue weighted by atomic mass is 15.2. The first-order valence-electron chi connectivity index (χ1n) is 5.79. The molecule has 0 atom stereocenters. The van der Waals surface area contributed by atoms with Gasteiger partial charge in [-0.15, -0.1) is 0 Å². The van der Waals surface area contributed by atoms with E-state index in [1.807, 2.05) is 6.07 Å². The topological polar surface area (TPSA) is 27.1 Å². The highest BCUT2D eigenvalue weighted by Gasteiger charge is 2.23. The van der Waals surface area contributed by atoms with Crippen LogP contribution in [0.5, 0.6) is 0 Å². The van der Waals surface area contributed by atoms with Crippen molar-refractivity contribution >= 4 is 11.5 Å². The van der Waals surface area contributed by atoms with Crippen molar-refractivity contribution in [3.05, 3.63) is 29.8 Å². The van der Waals surface area contributed by atoms with E-state index in [4.69, 9.17) is 5.41 Å². The largest absolute Gasteiger partial charge is 0.330 e. The maximum absolute atomic E-state index is 8.23. The Balaban J connectivity index is 3.04. The summed E-state index contributed by atoms with van der Waals surface area (Å²) in [6.45, 7) is 11.2. The Bertz CT molecular complexity index is 375. The second-order valence-electron chi connectivity index (χ2n) is 5.18. The first kappa shape index (κ1) is 12.8. The summed E-state index contributed by atoms with van der Waals surface area (Å²) in [6, 6.07) is 8.32. The van der Waals surface area contributed by atoms with Crippen LogP contribution in [0.2, 0.25) is 0 Å². The fourth-order valence-electron chi connectivity index (χ4n) is 1.67. The maximum atomic E-state index is 8.23. The molecule has 0 bridgehead atoms. The number of amidine groups is 1. The van der Waals surface area contributed by atoms with E-state index in [1.54, 1.807) is 0 Å². The lowest BCUT2D eigenvalue weighted by molar-refractivity contribution is 0.573. The molecule has 16 heavy (non-hydrogen) atoms. The summed E-state index contributed by atoms with van der Waals surface area (Å²) < 4.78 is 0. The van der Waals surface area contributed by atoms with Crippen molar-refractivity contribution in [3.63, 3.8) is 0 Å². The molecule has 0 saturated carbocycles. The van der Waals surface area contributed by atoms with Crippen molar-refractivity contribution in [2.75, 3.05) is 11.4 Å². The quantitative estimate of drug-likeness (QED) is 0.592. The Kier molecular flexibility index (Phi) is 3.74. The molecule has 1 aromatic rings. The number of benzene rings is 1. The van der Waals surface area contributed by atoms with Crippen LogP contribution in [0.25, 0.3) is 0 Å². The summed E-state index contributed by atoms with van der Waals surface area (Å²) in [4.78, 5) is 2.06. The van der Waals surface area contributed by atoms with Gasteiger partial charge in [0.2, 0.25) is 0 Å². The number of hydrogen-bond donors (Lipinski definition) is 1. The highest BCUT2D eigenvalue weighted by molar-refractivity contribution is 5.99. The molecule has 1 aromatic carbocycles. The molecule has 0 saturated heterocycles. The molecule has 0 aliphatic carbocycles. The minimum atomic E-state index is -0.111. The Morgan fingerprint density at radius 1 is 1.31 bits per heavy atom. The Morgan fingerprint density at radius 2 is 1.94 bits per heavy atom. The van der Waals surface area contributed by atoms with Gasteiger partial charge >= 0.3 is 0 Å². The molecule has 2 nitrogen and oxygen atoms in total. The molecule has 0 fully saturated rings. The lowest BCUT2D eigenvalue weighted by atomic mass is 9.93. The molecule has 1 rings (SSSR count). The van der Waals surface area contributed by atoms with Crippen molar-refractivity contribution in [3.8, 4) is 0 Å². The lowest BCUT2D eigenvalue weighted by Crippen LogP contribution is -2.38. The molecule has 0 spiro atoms. The summed E-state index contributed by atoms with van der Waals surface area (Å²) in [5, 5.41) is 8.23. The molecular formula is C14H22N2. The zero-order valence-corrected chi connectivity index (χ0v) is 11.0. The third kappa shape index (κ3) is 2.84. The number of hydrogen-bond acceptors (Lipinski definition) is 1. The average Bonchev–Trinajstić information content (AvgIpc) is 2.17. The van der Waals surface area contributed by atoms with Crippen LogP contribution < -0.4 is 4.90 Å². The fraction of sp³-hybridized carbons (Fsp3) is 0.500. The predicted octanol–water partition coefficient (Wildman–Crippen LogP) is 3.84. The van der Waals surface area contributed by atoms with Gasteiger partial charge in [-0.1, -0.05) is 32.9 Å². The number of nitrogens with one attached hydrogen (secondary N) is 1. The Morgan fingerprint density at radius 3 is 2.38 bits per heavy atom. The van der Waals surface area contributed by atoms with Crippen molar-refractivity contribution in [2.24, 2.45) is 5.41 Å². The fourth-order valence-corrected chi connectivity index (χ4v) is 1.67. The average molecular weight is 218 g/mol. The molecular weight excluding hydrogens is 196 g/mol. The van der Waals surface area contributed by atoms with Crippen LogP contribution in [-0.2, 0) is 0 Å². The van der Waals surface area contributed by atoms with Crippen molar-refractivity contribution in [2.45, 2.75) is 34.6 Å². The first-order valence-corrected chi connectivity index (χ1v) is 5.79. The van der Waals surface area contributed by atoms with Crippen molar-refractivity contribution < 1.29 is 0 Å². The molecule has 0 amide bonds. The summed E-state index contributed by atoms with van der Waals surface area (Å²) in [7, 11) is 0. The van der Waals surface area contributed by atoms with Gasteiger partial charge in [0.05, 0.1) is 0 Å². The van der Waals surface area contributed by atoms with Crippen LogP contribution in [0.1, 0.15) is 33.3 Å². The Hall–Kier alpha value is -1.31. The van der Waals surface area contributed by atoms with E-state index in [-0.39, 0.29) is 5.41 Å². The molecule has 2 heteroatoms. The van der Waals surface area contributed by atoms with Crippen LogP contribution in [0.4, 0.5) is 5.69 Å². The SMILES string of the molecule is CCN(C(=N)C(C)(C)C)c1cccc(C)c1. The molecule has 0 heterocycles. The van der Waals surface area contributed by atoms with E-state index in [2.05, 4.69) is 57.7 Å². The smallest absolute Gasteiger partial charge is 0.106 e. The van der Waals surface area contributed by atoms with Crippen molar-refractivity contribution in [1.82, 2.24) is 0 Å². The summed E-state index contributed by atoms with van der Waals surface area (Å²) in [5.41, 5.74) is 2.24. The van der Waals surface area contributed by atoms with E-state index in [0.717, 1.165) is 12.2 Å². The van der Waals surface area contributed by atoms with E-state index in [1.165, 1.54) is 5.56 Å². The van der Waals surface area contributed by atoms with Crippen LogP contribution >= 0.6 is 0 Å². The third-order valence-corrected chi connectivity index (χ3v) is 2.61. The zero-order chi connectivity index (χ0) is 12.3. The summed E-state index contributed by atoms with van der Waals surface area (Å²) in [6.07, 6.45) is 0. The van der Waals surface area contributed by atoms with E-state index < -0.39 is 0 Å². The molecule has 1 N–H and O–H groups in total. The standard InChI is InChI=1S/C14H22N2/c1-6-16(13(15)14(3,4)5)12-9-7-8-11(2)10-12/h7-10,15H,6H2,1-5H3. The van der Waals surface area contributed by atoms with Crippen LogP contribution in [0.3, 0.4) is 0 Å². The van der Waals surface area contributed by atoms with E-state index >= 15 is 0 Å². The minimum absolute atomic E-state index is 0.111. The number of anilines is 1. The van der Waals surface area contributed by atoms with Crippen LogP contribution in [-0.4, -0.2) is 12.4 Å². The van der Waals surface area contributed by atoms with Gasteiger partial charge in [-0.25, -0.2) is 0 Å². The van der Waals surface area contributed by atoms with Gasteiger partial charge in [-0.05, 0) is 31.5 Å². The number of aryl methyl sites for hydroxylation is 1. The molecule has 0 radical (unpaired) electrons. The molecule has 88 valence electrons. The van der Waals surface area contributed by atoms with Gasteiger partial charge in [0.15, 0.2) is 0 Å². The van der Waals surface area contributed by atoms with Crippen molar-refractivity contribution in [1.29, 1.82) is 5.41 Å². The van der Waals surface area contributed by atoms with Gasteiger partial charge in [0.1, 0.15) is 5.84 Å². The number of nitrogens with zero attached hydrogens (tertiary/aromatic N) is 1. The Labute approximate surface area is 98.8 Å². The van der Waals surface area contributed by atoms with Crippen LogP contribution in [0.15, 0.2) is 24.3 Å². The predicted molar refractivity (Wildman–Crippen MR) is 71.4 cm³/mol. The van der Waals surface area contributed by atoms with Gasteiger partial charge < -0.3 is 4.90 Å². The van der Waals surface area contributed by atoms with E-state index in [9.17, 15) is 0 Å². The van der Waals surface area contributed by atoms with Crippen LogP contribution in [0, 0.1) is 17.7 Å². The lowest BCUT2D eigenvalue weighted by Gasteiger charge is -2.32. The van der Waals surface area contributed by atoms with Gasteiger partial charge in [-0.2, -0.15) is 0 Å². The first-order chi connectivity index (χ1) is 7.36. The van der Waals surface area contributed by atoms with Gasteiger partial charge in [0, 0.05) is 17.6 Å². The summed E-state index contributed by atoms with van der Waals surface area (Å²) >= 11 is 0. The monoisotopic (exact) mass is 218 g/mol. The second-order valence-corrected chi connectivity index (χ2v) is 5.18. The van der Waals surface area contributed by atoms with Gasteiger partial charge in [-0.3, -0.25) is 5.41 Å². The normalized spacial score (nSPS) is 11.3. The molecule has 0 aliphatic rings. The zero-order valence-electron chi connectivity index (χ0n) is 11.0. The maximum Gasteiger partial charge on any atom is 0.106 e. The number of rotatable bonds is 2. The summed E-state index contributed by atoms with van der Waals surface area (Å²) in [5.74, 6) is 0.667. The highest BCUT2D eigenvalue weighted by Crippen LogP contribution is 2.23. The second kappa shape index (κ2) is 4.69. The molecule has 0 aliphatic heterocycles. The molecule has 0 aromatic heterocycles. The van der Waals surface area contributed by atoms with E-state index in [0.29, 0.717) is 5.84 Å². The van der Waals surface area contributed by atoms with Gasteiger partial charge in [0.25, 0.3) is 0 Å².